The summed E-state index contributed by atoms with van der Waals surface area (Å²) < 4.78 is 7.56. The van der Waals surface area contributed by atoms with Gasteiger partial charge in [0.1, 0.15) is 11.6 Å². The van der Waals surface area contributed by atoms with Gasteiger partial charge in [-0.05, 0) is 51.1 Å². The fraction of sp³-hybridized carbons (Fsp3) is 0.471. The van der Waals surface area contributed by atoms with Crippen LogP contribution in [0.25, 0.3) is 11.4 Å². The molecule has 2 atom stereocenters. The first-order valence-electron chi connectivity index (χ1n) is 7.56. The van der Waals surface area contributed by atoms with Gasteiger partial charge in [-0.25, -0.2) is 4.98 Å². The minimum absolute atomic E-state index is 0.538. The summed E-state index contributed by atoms with van der Waals surface area (Å²) in [4.78, 5) is 7.00. The zero-order valence-corrected chi connectivity index (χ0v) is 13.0. The highest BCUT2D eigenvalue weighted by Gasteiger charge is 2.25. The van der Waals surface area contributed by atoms with Gasteiger partial charge in [-0.1, -0.05) is 0 Å². The van der Waals surface area contributed by atoms with Crippen LogP contribution in [0.1, 0.15) is 25.8 Å². The summed E-state index contributed by atoms with van der Waals surface area (Å²) in [7, 11) is 3.90. The maximum absolute atomic E-state index is 5.23. The molecule has 0 saturated carbocycles. The van der Waals surface area contributed by atoms with Crippen molar-refractivity contribution in [1.29, 1.82) is 0 Å². The van der Waals surface area contributed by atoms with Crippen LogP contribution in [0.5, 0.6) is 5.75 Å². The van der Waals surface area contributed by atoms with E-state index in [0.717, 1.165) is 23.7 Å². The molecule has 1 fully saturated rings. The number of hydrogen-bond donors (Lipinski definition) is 0. The quantitative estimate of drug-likeness (QED) is 0.867. The van der Waals surface area contributed by atoms with Crippen LogP contribution in [-0.4, -0.2) is 41.2 Å². The van der Waals surface area contributed by atoms with Crippen molar-refractivity contribution >= 4 is 0 Å². The molecule has 0 N–H and O–H groups in total. The van der Waals surface area contributed by atoms with E-state index in [1.165, 1.54) is 12.8 Å². The molecule has 0 bridgehead atoms. The fourth-order valence-corrected chi connectivity index (χ4v) is 3.09. The number of benzene rings is 1. The molecule has 1 aliphatic rings. The Hall–Kier alpha value is -1.81. The number of ether oxygens (including phenoxy) is 1. The molecule has 2 heterocycles. The Balaban J connectivity index is 1.86. The molecule has 0 amide bonds. The Morgan fingerprint density at radius 1 is 1.24 bits per heavy atom. The normalized spacial score (nSPS) is 23.2. The van der Waals surface area contributed by atoms with Gasteiger partial charge in [0.25, 0.3) is 0 Å². The predicted octanol–water partition coefficient (Wildman–Crippen LogP) is 3.21. The lowest BCUT2D eigenvalue weighted by atomic mass is 9.98. The second-order valence-corrected chi connectivity index (χ2v) is 5.89. The number of imidazole rings is 1. The molecule has 2 aromatic rings. The van der Waals surface area contributed by atoms with Crippen molar-refractivity contribution in [3.05, 3.63) is 36.7 Å². The number of nitrogens with zero attached hydrogens (tertiary/aromatic N) is 3. The molecule has 4 heteroatoms. The molecule has 1 aliphatic heterocycles. The number of hydrogen-bond acceptors (Lipinski definition) is 3. The number of rotatable bonds is 3. The van der Waals surface area contributed by atoms with Gasteiger partial charge in [0, 0.05) is 36.6 Å². The van der Waals surface area contributed by atoms with Crippen LogP contribution in [0.4, 0.5) is 0 Å². The maximum Gasteiger partial charge on any atom is 0.140 e. The van der Waals surface area contributed by atoms with Crippen molar-refractivity contribution in [1.82, 2.24) is 14.5 Å². The minimum Gasteiger partial charge on any atom is -0.497 e. The summed E-state index contributed by atoms with van der Waals surface area (Å²) in [5.41, 5.74) is 1.15. The van der Waals surface area contributed by atoms with E-state index in [4.69, 9.17) is 4.74 Å². The number of piperidine rings is 1. The van der Waals surface area contributed by atoms with Gasteiger partial charge in [-0.2, -0.15) is 0 Å². The van der Waals surface area contributed by atoms with Gasteiger partial charge >= 0.3 is 0 Å². The third-order valence-corrected chi connectivity index (χ3v) is 4.59. The summed E-state index contributed by atoms with van der Waals surface area (Å²) in [5, 5.41) is 0. The maximum atomic E-state index is 5.23. The van der Waals surface area contributed by atoms with Crippen LogP contribution >= 0.6 is 0 Å². The van der Waals surface area contributed by atoms with Crippen molar-refractivity contribution in [3.8, 4) is 17.1 Å². The molecule has 1 saturated heterocycles. The standard InChI is InChI=1S/C17H23N3O/c1-13-12-15(8-10-19(13)2)20-11-9-18-17(20)14-4-6-16(21-3)7-5-14/h4-7,9,11,13,15H,8,10,12H2,1-3H3/t13-,15-/m1/s1. The van der Waals surface area contributed by atoms with Crippen LogP contribution in [0.15, 0.2) is 36.7 Å². The Bertz CT molecular complexity index is 590. The van der Waals surface area contributed by atoms with Gasteiger partial charge in [-0.3, -0.25) is 0 Å². The van der Waals surface area contributed by atoms with Crippen LogP contribution in [-0.2, 0) is 0 Å². The van der Waals surface area contributed by atoms with Crippen molar-refractivity contribution < 1.29 is 4.74 Å². The molecule has 4 nitrogen and oxygen atoms in total. The Labute approximate surface area is 126 Å². The summed E-state index contributed by atoms with van der Waals surface area (Å²) in [6.07, 6.45) is 6.38. The lowest BCUT2D eigenvalue weighted by Gasteiger charge is -2.36. The van der Waals surface area contributed by atoms with Crippen LogP contribution in [0, 0.1) is 0 Å². The van der Waals surface area contributed by atoms with E-state index in [2.05, 4.69) is 46.8 Å². The molecule has 0 aliphatic carbocycles. The van der Waals surface area contributed by atoms with Crippen molar-refractivity contribution in [2.24, 2.45) is 0 Å². The van der Waals surface area contributed by atoms with Gasteiger partial charge in [-0.15, -0.1) is 0 Å². The molecular weight excluding hydrogens is 262 g/mol. The molecule has 0 radical (unpaired) electrons. The second kappa shape index (κ2) is 5.90. The zero-order valence-electron chi connectivity index (χ0n) is 13.0. The van der Waals surface area contributed by atoms with Gasteiger partial charge in [0.15, 0.2) is 0 Å². The average molecular weight is 285 g/mol. The Morgan fingerprint density at radius 3 is 2.67 bits per heavy atom. The highest BCUT2D eigenvalue weighted by Crippen LogP contribution is 2.30. The number of methoxy groups -OCH3 is 1. The Morgan fingerprint density at radius 2 is 2.00 bits per heavy atom. The second-order valence-electron chi connectivity index (χ2n) is 5.89. The predicted molar refractivity (Wildman–Crippen MR) is 84.6 cm³/mol. The highest BCUT2D eigenvalue weighted by atomic mass is 16.5. The van der Waals surface area contributed by atoms with E-state index >= 15 is 0 Å². The first kappa shape index (κ1) is 14.1. The summed E-state index contributed by atoms with van der Waals surface area (Å²) in [6.45, 7) is 3.45. The highest BCUT2D eigenvalue weighted by molar-refractivity contribution is 5.57. The number of likely N-dealkylation sites (tertiary alicyclic amines) is 1. The molecule has 1 aromatic carbocycles. The largest absolute Gasteiger partial charge is 0.497 e. The number of aromatic nitrogens is 2. The lowest BCUT2D eigenvalue weighted by molar-refractivity contribution is 0.157. The summed E-state index contributed by atoms with van der Waals surface area (Å²) >= 11 is 0. The fourth-order valence-electron chi connectivity index (χ4n) is 3.09. The van der Waals surface area contributed by atoms with E-state index in [1.807, 2.05) is 18.3 Å². The van der Waals surface area contributed by atoms with E-state index in [0.29, 0.717) is 12.1 Å². The molecular formula is C17H23N3O. The SMILES string of the molecule is COc1ccc(-c2nccn2[C@@H]2CCN(C)[C@H](C)C2)cc1. The van der Waals surface area contributed by atoms with E-state index in [1.54, 1.807) is 7.11 Å². The first-order valence-corrected chi connectivity index (χ1v) is 7.56. The van der Waals surface area contributed by atoms with Crippen LogP contribution in [0.3, 0.4) is 0 Å². The monoisotopic (exact) mass is 285 g/mol. The zero-order chi connectivity index (χ0) is 14.8. The van der Waals surface area contributed by atoms with Crippen molar-refractivity contribution in [3.63, 3.8) is 0 Å². The summed E-state index contributed by atoms with van der Waals surface area (Å²) in [6, 6.07) is 9.30. The van der Waals surface area contributed by atoms with E-state index in [-0.39, 0.29) is 0 Å². The molecule has 0 unspecified atom stereocenters. The Kier molecular flexibility index (Phi) is 3.97. The van der Waals surface area contributed by atoms with Crippen LogP contribution in [0.2, 0.25) is 0 Å². The first-order chi connectivity index (χ1) is 10.2. The topological polar surface area (TPSA) is 30.3 Å². The smallest absolute Gasteiger partial charge is 0.140 e. The van der Waals surface area contributed by atoms with Crippen LogP contribution < -0.4 is 4.74 Å². The van der Waals surface area contributed by atoms with Crippen molar-refractivity contribution in [2.75, 3.05) is 20.7 Å². The average Bonchev–Trinajstić information content (AvgIpc) is 2.99. The van der Waals surface area contributed by atoms with Gasteiger partial charge < -0.3 is 14.2 Å². The van der Waals surface area contributed by atoms with Gasteiger partial charge in [0.05, 0.1) is 7.11 Å². The van der Waals surface area contributed by atoms with Gasteiger partial charge in [0.2, 0.25) is 0 Å². The third-order valence-electron chi connectivity index (χ3n) is 4.59. The molecule has 21 heavy (non-hydrogen) atoms. The lowest BCUT2D eigenvalue weighted by Crippen LogP contribution is -2.38. The van der Waals surface area contributed by atoms with Crippen molar-refractivity contribution in [2.45, 2.75) is 31.8 Å². The van der Waals surface area contributed by atoms with E-state index in [9.17, 15) is 0 Å². The molecule has 1 aromatic heterocycles. The molecule has 3 rings (SSSR count). The third kappa shape index (κ3) is 2.81. The van der Waals surface area contributed by atoms with E-state index < -0.39 is 0 Å². The molecule has 112 valence electrons. The molecule has 0 spiro atoms. The minimum atomic E-state index is 0.538. The summed E-state index contributed by atoms with van der Waals surface area (Å²) in [5.74, 6) is 1.93.